The first-order valence-electron chi connectivity index (χ1n) is 4.35. The summed E-state index contributed by atoms with van der Waals surface area (Å²) in [6.07, 6.45) is 1.93. The number of carbonyl (C=O) groups is 1. The number of hydrogen-bond acceptors (Lipinski definition) is 1. The van der Waals surface area contributed by atoms with E-state index in [2.05, 4.69) is 5.32 Å². The highest BCUT2D eigenvalue weighted by Crippen LogP contribution is 2.16. The molecule has 1 saturated heterocycles. The maximum atomic E-state index is 11.1. The average molecular weight is 173 g/mol. The van der Waals surface area contributed by atoms with Crippen molar-refractivity contribution in [2.45, 2.75) is 13.0 Å². The van der Waals surface area contributed by atoms with E-state index in [9.17, 15) is 4.79 Å². The average Bonchev–Trinajstić information content (AvgIpc) is 2.16. The Hall–Kier alpha value is -1.57. The van der Waals surface area contributed by atoms with Crippen LogP contribution in [0.25, 0.3) is 6.08 Å². The molecule has 66 valence electrons. The van der Waals surface area contributed by atoms with Crippen molar-refractivity contribution in [3.05, 3.63) is 41.5 Å². The molecule has 1 unspecified atom stereocenters. The maximum Gasteiger partial charge on any atom is 0.249 e. The summed E-state index contributed by atoms with van der Waals surface area (Å²) in [5.74, 6) is 0.0522. The van der Waals surface area contributed by atoms with Gasteiger partial charge in [-0.05, 0) is 18.6 Å². The standard InChI is InChI=1S/C11H11NO/c1-8-10(11(13)12-8)7-9-5-3-2-4-6-9/h2-8H,1H3,(H,12,13)/b10-7-. The van der Waals surface area contributed by atoms with Gasteiger partial charge in [0.1, 0.15) is 0 Å². The van der Waals surface area contributed by atoms with E-state index < -0.39 is 0 Å². The number of amides is 1. The molecule has 2 heteroatoms. The molecule has 1 amide bonds. The van der Waals surface area contributed by atoms with Gasteiger partial charge in [-0.15, -0.1) is 0 Å². The molecule has 1 aromatic carbocycles. The van der Waals surface area contributed by atoms with E-state index in [1.807, 2.05) is 43.3 Å². The largest absolute Gasteiger partial charge is 0.346 e. The Morgan fingerprint density at radius 1 is 1.31 bits per heavy atom. The van der Waals surface area contributed by atoms with Gasteiger partial charge in [0.05, 0.1) is 6.04 Å². The zero-order valence-corrected chi connectivity index (χ0v) is 7.45. The van der Waals surface area contributed by atoms with Crippen LogP contribution in [0.3, 0.4) is 0 Å². The molecular weight excluding hydrogens is 162 g/mol. The molecule has 1 atom stereocenters. The van der Waals surface area contributed by atoms with Crippen LogP contribution in [0.15, 0.2) is 35.9 Å². The first-order valence-corrected chi connectivity index (χ1v) is 4.35. The van der Waals surface area contributed by atoms with Crippen molar-refractivity contribution in [3.63, 3.8) is 0 Å². The van der Waals surface area contributed by atoms with E-state index in [4.69, 9.17) is 0 Å². The number of hydrogen-bond donors (Lipinski definition) is 1. The van der Waals surface area contributed by atoms with E-state index in [0.717, 1.165) is 11.1 Å². The fourth-order valence-electron chi connectivity index (χ4n) is 1.40. The van der Waals surface area contributed by atoms with Gasteiger partial charge < -0.3 is 5.32 Å². The summed E-state index contributed by atoms with van der Waals surface area (Å²) in [6, 6.07) is 10.1. The van der Waals surface area contributed by atoms with Crippen molar-refractivity contribution < 1.29 is 4.79 Å². The highest BCUT2D eigenvalue weighted by atomic mass is 16.2. The molecule has 0 saturated carbocycles. The summed E-state index contributed by atoms with van der Waals surface area (Å²) >= 11 is 0. The monoisotopic (exact) mass is 173 g/mol. The molecule has 13 heavy (non-hydrogen) atoms. The first kappa shape index (κ1) is 8.05. The molecule has 1 N–H and O–H groups in total. The normalized spacial score (nSPS) is 23.9. The molecule has 2 rings (SSSR count). The lowest BCUT2D eigenvalue weighted by molar-refractivity contribution is -0.121. The Bertz CT molecular complexity index is 354. The third-order valence-electron chi connectivity index (χ3n) is 2.20. The van der Waals surface area contributed by atoms with Crippen LogP contribution >= 0.6 is 0 Å². The Kier molecular flexibility index (Phi) is 1.89. The predicted octanol–water partition coefficient (Wildman–Crippen LogP) is 1.59. The number of carbonyl (C=O) groups excluding carboxylic acids is 1. The second-order valence-corrected chi connectivity index (χ2v) is 3.21. The number of nitrogens with one attached hydrogen (secondary N) is 1. The Morgan fingerprint density at radius 2 is 2.00 bits per heavy atom. The smallest absolute Gasteiger partial charge is 0.249 e. The lowest BCUT2D eigenvalue weighted by Gasteiger charge is -2.26. The Morgan fingerprint density at radius 3 is 2.54 bits per heavy atom. The molecule has 0 aromatic heterocycles. The van der Waals surface area contributed by atoms with Gasteiger partial charge in [-0.2, -0.15) is 0 Å². The van der Waals surface area contributed by atoms with E-state index in [1.165, 1.54) is 0 Å². The van der Waals surface area contributed by atoms with Crippen LogP contribution in [0.5, 0.6) is 0 Å². The summed E-state index contributed by atoms with van der Waals surface area (Å²) in [5.41, 5.74) is 1.95. The zero-order valence-electron chi connectivity index (χ0n) is 7.45. The van der Waals surface area contributed by atoms with Crippen molar-refractivity contribution in [1.82, 2.24) is 5.32 Å². The molecule has 1 aromatic rings. The number of benzene rings is 1. The lowest BCUT2D eigenvalue weighted by Crippen LogP contribution is -2.49. The van der Waals surface area contributed by atoms with Crippen molar-refractivity contribution in [1.29, 1.82) is 0 Å². The maximum absolute atomic E-state index is 11.1. The number of β-lactam (4-membered cyclic amide) rings is 1. The SMILES string of the molecule is CC1NC(=O)/C1=C\c1ccccc1. The fraction of sp³-hybridized carbons (Fsp3) is 0.182. The number of rotatable bonds is 1. The predicted molar refractivity (Wildman–Crippen MR) is 52.0 cm³/mol. The molecule has 0 radical (unpaired) electrons. The van der Waals surface area contributed by atoms with Gasteiger partial charge in [0, 0.05) is 5.57 Å². The van der Waals surface area contributed by atoms with Crippen LogP contribution in [-0.4, -0.2) is 11.9 Å². The molecule has 1 heterocycles. The molecule has 2 nitrogen and oxygen atoms in total. The van der Waals surface area contributed by atoms with Gasteiger partial charge in [0.15, 0.2) is 0 Å². The second kappa shape index (κ2) is 3.05. The highest BCUT2D eigenvalue weighted by Gasteiger charge is 2.27. The third-order valence-corrected chi connectivity index (χ3v) is 2.20. The van der Waals surface area contributed by atoms with Crippen molar-refractivity contribution in [3.8, 4) is 0 Å². The minimum atomic E-state index is 0.0522. The summed E-state index contributed by atoms with van der Waals surface area (Å²) < 4.78 is 0. The molecule has 0 aliphatic carbocycles. The summed E-state index contributed by atoms with van der Waals surface area (Å²) in [4.78, 5) is 11.1. The Labute approximate surface area is 77.3 Å². The van der Waals surface area contributed by atoms with Gasteiger partial charge in [-0.3, -0.25) is 4.79 Å². The van der Waals surface area contributed by atoms with Crippen LogP contribution in [0.1, 0.15) is 12.5 Å². The van der Waals surface area contributed by atoms with E-state index in [0.29, 0.717) is 0 Å². The summed E-state index contributed by atoms with van der Waals surface area (Å²) in [5, 5.41) is 2.77. The van der Waals surface area contributed by atoms with Crippen LogP contribution in [0, 0.1) is 0 Å². The van der Waals surface area contributed by atoms with Crippen LogP contribution < -0.4 is 5.32 Å². The quantitative estimate of drug-likeness (QED) is 0.507. The van der Waals surface area contributed by atoms with E-state index in [-0.39, 0.29) is 11.9 Å². The van der Waals surface area contributed by atoms with Gasteiger partial charge in [0.25, 0.3) is 0 Å². The lowest BCUT2D eigenvalue weighted by atomic mass is 9.97. The van der Waals surface area contributed by atoms with Crippen LogP contribution in [-0.2, 0) is 4.79 Å². The first-order chi connectivity index (χ1) is 6.27. The zero-order chi connectivity index (χ0) is 9.26. The van der Waals surface area contributed by atoms with Gasteiger partial charge >= 0.3 is 0 Å². The second-order valence-electron chi connectivity index (χ2n) is 3.21. The Balaban J connectivity index is 2.26. The molecule has 1 aliphatic heterocycles. The molecule has 1 aliphatic rings. The van der Waals surface area contributed by atoms with Gasteiger partial charge in [-0.1, -0.05) is 30.3 Å². The summed E-state index contributed by atoms with van der Waals surface area (Å²) in [6.45, 7) is 1.98. The fourth-order valence-corrected chi connectivity index (χ4v) is 1.40. The van der Waals surface area contributed by atoms with Crippen molar-refractivity contribution in [2.75, 3.05) is 0 Å². The van der Waals surface area contributed by atoms with E-state index >= 15 is 0 Å². The topological polar surface area (TPSA) is 29.1 Å². The van der Waals surface area contributed by atoms with Crippen LogP contribution in [0.4, 0.5) is 0 Å². The summed E-state index contributed by atoms with van der Waals surface area (Å²) in [7, 11) is 0. The van der Waals surface area contributed by atoms with Gasteiger partial charge in [-0.25, -0.2) is 0 Å². The molecule has 1 fully saturated rings. The highest BCUT2D eigenvalue weighted by molar-refractivity contribution is 6.05. The minimum absolute atomic E-state index is 0.0522. The van der Waals surface area contributed by atoms with Crippen LogP contribution in [0.2, 0.25) is 0 Å². The molecular formula is C11H11NO. The van der Waals surface area contributed by atoms with Crippen molar-refractivity contribution in [2.24, 2.45) is 0 Å². The van der Waals surface area contributed by atoms with Crippen molar-refractivity contribution >= 4 is 12.0 Å². The van der Waals surface area contributed by atoms with Gasteiger partial charge in [0.2, 0.25) is 5.91 Å². The molecule has 0 bridgehead atoms. The van der Waals surface area contributed by atoms with E-state index in [1.54, 1.807) is 0 Å². The third kappa shape index (κ3) is 1.47. The molecule has 0 spiro atoms. The minimum Gasteiger partial charge on any atom is -0.346 e.